The summed E-state index contributed by atoms with van der Waals surface area (Å²) in [6, 6.07) is 5.04. The van der Waals surface area contributed by atoms with Gasteiger partial charge in [0, 0.05) is 11.0 Å². The monoisotopic (exact) mass is 253 g/mol. The fraction of sp³-hybridized carbons (Fsp3) is 0.333. The van der Waals surface area contributed by atoms with Crippen LogP contribution in [0.3, 0.4) is 0 Å². The SMILES string of the molecule is COc1cccc2c1C(C(C)CN)=CS2(=O)=O. The van der Waals surface area contributed by atoms with Crippen molar-refractivity contribution in [2.75, 3.05) is 13.7 Å². The second kappa shape index (κ2) is 4.16. The Morgan fingerprint density at radius 3 is 2.71 bits per heavy atom. The smallest absolute Gasteiger partial charge is 0.200 e. The molecule has 1 aliphatic rings. The lowest BCUT2D eigenvalue weighted by Crippen LogP contribution is -2.12. The van der Waals surface area contributed by atoms with Gasteiger partial charge in [0.1, 0.15) is 5.75 Å². The summed E-state index contributed by atoms with van der Waals surface area (Å²) in [4.78, 5) is 0.312. The Hall–Kier alpha value is -1.33. The van der Waals surface area contributed by atoms with E-state index < -0.39 is 9.84 Å². The van der Waals surface area contributed by atoms with Crippen LogP contribution in [0.4, 0.5) is 0 Å². The van der Waals surface area contributed by atoms with Crippen LogP contribution in [0, 0.1) is 5.92 Å². The van der Waals surface area contributed by atoms with Crippen molar-refractivity contribution >= 4 is 15.4 Å². The first kappa shape index (κ1) is 12.1. The minimum atomic E-state index is -3.34. The summed E-state index contributed by atoms with van der Waals surface area (Å²) in [5.41, 5.74) is 7.01. The molecule has 1 aliphatic heterocycles. The molecule has 0 saturated heterocycles. The number of fused-ring (bicyclic) bond motifs is 1. The number of nitrogens with two attached hydrogens (primary N) is 1. The lowest BCUT2D eigenvalue weighted by Gasteiger charge is -2.14. The number of ether oxygens (including phenoxy) is 1. The first-order valence-corrected chi connectivity index (χ1v) is 6.90. The van der Waals surface area contributed by atoms with E-state index in [1.165, 1.54) is 12.5 Å². The average molecular weight is 253 g/mol. The van der Waals surface area contributed by atoms with Crippen LogP contribution in [0.1, 0.15) is 12.5 Å². The molecule has 0 spiro atoms. The summed E-state index contributed by atoms with van der Waals surface area (Å²) >= 11 is 0. The molecule has 1 aromatic rings. The lowest BCUT2D eigenvalue weighted by atomic mass is 9.95. The van der Waals surface area contributed by atoms with Crippen LogP contribution in [0.5, 0.6) is 5.75 Å². The largest absolute Gasteiger partial charge is 0.496 e. The maximum absolute atomic E-state index is 12.0. The molecule has 0 radical (unpaired) electrons. The summed E-state index contributed by atoms with van der Waals surface area (Å²) < 4.78 is 29.2. The number of hydrogen-bond donors (Lipinski definition) is 1. The summed E-state index contributed by atoms with van der Waals surface area (Å²) in [7, 11) is -1.81. The number of methoxy groups -OCH3 is 1. The van der Waals surface area contributed by atoms with Crippen molar-refractivity contribution < 1.29 is 13.2 Å². The second-order valence-corrected chi connectivity index (χ2v) is 5.85. The third-order valence-electron chi connectivity index (χ3n) is 2.97. The van der Waals surface area contributed by atoms with E-state index in [2.05, 4.69) is 0 Å². The van der Waals surface area contributed by atoms with Crippen molar-refractivity contribution in [3.05, 3.63) is 29.2 Å². The van der Waals surface area contributed by atoms with Crippen LogP contribution in [0.25, 0.3) is 5.57 Å². The van der Waals surface area contributed by atoms with Gasteiger partial charge in [-0.3, -0.25) is 0 Å². The van der Waals surface area contributed by atoms with Crippen molar-refractivity contribution in [1.29, 1.82) is 0 Å². The van der Waals surface area contributed by atoms with Crippen LogP contribution < -0.4 is 10.5 Å². The molecule has 1 atom stereocenters. The molecule has 0 saturated carbocycles. The zero-order valence-electron chi connectivity index (χ0n) is 9.80. The fourth-order valence-electron chi connectivity index (χ4n) is 1.98. The van der Waals surface area contributed by atoms with E-state index in [0.29, 0.717) is 22.8 Å². The molecular weight excluding hydrogens is 238 g/mol. The Bertz CT molecular complexity index is 575. The van der Waals surface area contributed by atoms with Gasteiger partial charge in [0.05, 0.1) is 12.0 Å². The first-order valence-electron chi connectivity index (χ1n) is 5.35. The van der Waals surface area contributed by atoms with Crippen LogP contribution in [-0.2, 0) is 9.84 Å². The molecule has 92 valence electrons. The van der Waals surface area contributed by atoms with Gasteiger partial charge in [-0.2, -0.15) is 0 Å². The van der Waals surface area contributed by atoms with E-state index in [-0.39, 0.29) is 5.92 Å². The van der Waals surface area contributed by atoms with Gasteiger partial charge in [-0.25, -0.2) is 8.42 Å². The van der Waals surface area contributed by atoms with E-state index in [1.807, 2.05) is 6.92 Å². The van der Waals surface area contributed by atoms with Crippen LogP contribution in [0.15, 0.2) is 28.5 Å². The Labute approximate surface area is 101 Å². The zero-order valence-corrected chi connectivity index (χ0v) is 10.6. The molecule has 2 rings (SSSR count). The Morgan fingerprint density at radius 1 is 1.41 bits per heavy atom. The van der Waals surface area contributed by atoms with Crippen molar-refractivity contribution in [2.24, 2.45) is 11.7 Å². The normalized spacial score (nSPS) is 18.4. The summed E-state index contributed by atoms with van der Waals surface area (Å²) in [5, 5.41) is 1.30. The highest BCUT2D eigenvalue weighted by atomic mass is 32.2. The summed E-state index contributed by atoms with van der Waals surface area (Å²) in [5.74, 6) is 0.567. The third-order valence-corrected chi connectivity index (χ3v) is 4.49. The molecule has 1 heterocycles. The van der Waals surface area contributed by atoms with Crippen molar-refractivity contribution in [1.82, 2.24) is 0 Å². The number of rotatable bonds is 3. The molecule has 4 nitrogen and oxygen atoms in total. The third kappa shape index (κ3) is 1.85. The standard InChI is InChI=1S/C12H15NO3S/c1-8(6-13)9-7-17(14,15)11-5-3-4-10(16-2)12(9)11/h3-5,7-8H,6,13H2,1-2H3. The van der Waals surface area contributed by atoms with E-state index in [4.69, 9.17) is 10.5 Å². The maximum Gasteiger partial charge on any atom is 0.200 e. The van der Waals surface area contributed by atoms with E-state index in [1.54, 1.807) is 18.2 Å². The fourth-order valence-corrected chi connectivity index (χ4v) is 3.56. The van der Waals surface area contributed by atoms with Gasteiger partial charge in [0.25, 0.3) is 0 Å². The molecular formula is C12H15NO3S. The van der Waals surface area contributed by atoms with Gasteiger partial charge >= 0.3 is 0 Å². The molecule has 1 aromatic carbocycles. The number of sulfone groups is 1. The molecule has 0 amide bonds. The van der Waals surface area contributed by atoms with Crippen molar-refractivity contribution in [3.63, 3.8) is 0 Å². The van der Waals surface area contributed by atoms with Crippen LogP contribution >= 0.6 is 0 Å². The highest BCUT2D eigenvalue weighted by Gasteiger charge is 2.31. The van der Waals surface area contributed by atoms with Gasteiger partial charge in [-0.15, -0.1) is 0 Å². The van der Waals surface area contributed by atoms with Crippen LogP contribution in [0.2, 0.25) is 0 Å². The summed E-state index contributed by atoms with van der Waals surface area (Å²) in [6.07, 6.45) is 0. The minimum Gasteiger partial charge on any atom is -0.496 e. The highest BCUT2D eigenvalue weighted by Crippen LogP contribution is 2.42. The Morgan fingerprint density at radius 2 is 2.12 bits per heavy atom. The average Bonchev–Trinajstić information content (AvgIpc) is 2.61. The van der Waals surface area contributed by atoms with Crippen LogP contribution in [-0.4, -0.2) is 22.1 Å². The molecule has 0 aliphatic carbocycles. The molecule has 0 aromatic heterocycles. The summed E-state index contributed by atoms with van der Waals surface area (Å²) in [6.45, 7) is 2.31. The van der Waals surface area contributed by atoms with Gasteiger partial charge < -0.3 is 10.5 Å². The predicted octanol–water partition coefficient (Wildman–Crippen LogP) is 1.42. The van der Waals surface area contributed by atoms with E-state index in [0.717, 1.165) is 5.57 Å². The molecule has 0 bridgehead atoms. The Balaban J connectivity index is 2.71. The number of hydrogen-bond acceptors (Lipinski definition) is 4. The molecule has 1 unspecified atom stereocenters. The first-order chi connectivity index (χ1) is 8.01. The van der Waals surface area contributed by atoms with Crippen molar-refractivity contribution in [3.8, 4) is 5.75 Å². The topological polar surface area (TPSA) is 69.4 Å². The second-order valence-electron chi connectivity index (χ2n) is 4.09. The van der Waals surface area contributed by atoms with Crippen molar-refractivity contribution in [2.45, 2.75) is 11.8 Å². The highest BCUT2D eigenvalue weighted by molar-refractivity contribution is 7.95. The molecule has 0 fully saturated rings. The molecule has 17 heavy (non-hydrogen) atoms. The zero-order chi connectivity index (χ0) is 12.6. The van der Waals surface area contributed by atoms with Gasteiger partial charge in [-0.1, -0.05) is 13.0 Å². The van der Waals surface area contributed by atoms with Gasteiger partial charge in [0.2, 0.25) is 9.84 Å². The maximum atomic E-state index is 12.0. The molecule has 5 heteroatoms. The lowest BCUT2D eigenvalue weighted by molar-refractivity contribution is 0.411. The van der Waals surface area contributed by atoms with E-state index in [9.17, 15) is 8.42 Å². The predicted molar refractivity (Wildman–Crippen MR) is 66.4 cm³/mol. The molecule has 2 N–H and O–H groups in total. The van der Waals surface area contributed by atoms with Gasteiger partial charge in [-0.05, 0) is 30.2 Å². The van der Waals surface area contributed by atoms with E-state index >= 15 is 0 Å². The Kier molecular flexibility index (Phi) is 2.97. The minimum absolute atomic E-state index is 0.0117. The number of benzene rings is 1. The quantitative estimate of drug-likeness (QED) is 0.884. The van der Waals surface area contributed by atoms with Gasteiger partial charge in [0.15, 0.2) is 0 Å².